The number of benzene rings is 4. The molecule has 2 aliphatic rings. The molecular weight excluding hydrogens is 681 g/mol. The van der Waals surface area contributed by atoms with E-state index in [9.17, 15) is 32.7 Å². The van der Waals surface area contributed by atoms with Crippen LogP contribution in [0.25, 0.3) is 11.1 Å². The van der Waals surface area contributed by atoms with Crippen molar-refractivity contribution in [3.63, 3.8) is 0 Å². The summed E-state index contributed by atoms with van der Waals surface area (Å²) in [4.78, 5) is 41.5. The highest BCUT2D eigenvalue weighted by atomic mass is 35.5. The summed E-state index contributed by atoms with van der Waals surface area (Å²) < 4.78 is 45.9. The van der Waals surface area contributed by atoms with Crippen LogP contribution in [-0.2, 0) is 46.6 Å². The van der Waals surface area contributed by atoms with Gasteiger partial charge < -0.3 is 20.1 Å². The van der Waals surface area contributed by atoms with E-state index in [4.69, 9.17) is 16.3 Å². The number of carboxylic acid groups (broad SMARTS) is 1. The Morgan fingerprint density at radius 3 is 2.29 bits per heavy atom. The van der Waals surface area contributed by atoms with Crippen molar-refractivity contribution in [3.05, 3.63) is 124 Å². The number of carbonyl (C=O) groups excluding carboxylic acids is 2. The predicted molar refractivity (Wildman–Crippen MR) is 187 cm³/mol. The molecule has 1 saturated carbocycles. The number of nitrogens with zero attached hydrogens (tertiary/aromatic N) is 1. The molecule has 1 aliphatic heterocycles. The van der Waals surface area contributed by atoms with Crippen molar-refractivity contribution in [1.29, 1.82) is 0 Å². The second kappa shape index (κ2) is 15.6. The van der Waals surface area contributed by atoms with Crippen LogP contribution in [0.15, 0.2) is 91.0 Å². The molecule has 6 rings (SSSR count). The topological polar surface area (TPSA) is 95.9 Å². The zero-order chi connectivity index (χ0) is 36.1. The fourth-order valence-electron chi connectivity index (χ4n) is 6.96. The van der Waals surface area contributed by atoms with E-state index in [1.165, 1.54) is 17.0 Å². The highest BCUT2D eigenvalue weighted by Gasteiger charge is 2.38. The maximum Gasteiger partial charge on any atom is 0.417 e. The first kappa shape index (κ1) is 36.0. The number of hydrogen-bond donors (Lipinski definition) is 2. The number of amides is 2. The average Bonchev–Trinajstić information content (AvgIpc) is 3.63. The highest BCUT2D eigenvalue weighted by Crippen LogP contribution is 2.37. The van der Waals surface area contributed by atoms with Crippen molar-refractivity contribution in [2.24, 2.45) is 5.92 Å². The van der Waals surface area contributed by atoms with Gasteiger partial charge in [-0.2, -0.15) is 13.2 Å². The molecule has 0 bridgehead atoms. The lowest BCUT2D eigenvalue weighted by Crippen LogP contribution is -2.56. The molecule has 0 radical (unpaired) electrons. The Kier molecular flexibility index (Phi) is 11.0. The minimum atomic E-state index is -4.60. The molecule has 0 aromatic heterocycles. The van der Waals surface area contributed by atoms with Crippen LogP contribution < -0.4 is 10.1 Å². The van der Waals surface area contributed by atoms with Gasteiger partial charge in [0.15, 0.2) is 0 Å². The fraction of sp³-hybridized carbons (Fsp3) is 0.325. The van der Waals surface area contributed by atoms with E-state index in [-0.39, 0.29) is 43.4 Å². The molecule has 2 N–H and O–H groups in total. The number of ether oxygens (including phenoxy) is 1. The molecule has 11 heteroatoms. The maximum absolute atomic E-state index is 13.9. The Morgan fingerprint density at radius 1 is 0.902 bits per heavy atom. The van der Waals surface area contributed by atoms with Crippen molar-refractivity contribution < 1.29 is 37.4 Å². The minimum Gasteiger partial charge on any atom is -0.489 e. The number of rotatable bonds is 11. The Bertz CT molecular complexity index is 1880. The summed E-state index contributed by atoms with van der Waals surface area (Å²) in [7, 11) is 0. The average molecular weight is 719 g/mol. The number of carbonyl (C=O) groups is 3. The quantitative estimate of drug-likeness (QED) is 0.163. The molecular formula is C40H38ClF3N2O5. The van der Waals surface area contributed by atoms with E-state index in [1.807, 2.05) is 54.6 Å². The fourth-order valence-corrected chi connectivity index (χ4v) is 7.25. The molecule has 1 aliphatic carbocycles. The van der Waals surface area contributed by atoms with Gasteiger partial charge >= 0.3 is 12.1 Å². The third kappa shape index (κ3) is 8.73. The standard InChI is InChI=1S/C40H38ClF3N2O5/c41-37-30(11-6-12-33(37)40(42,43)44)24-51-32-18-17-29-22-35(46(23-31(29)21-32)36(47)20-25-7-4-5-8-25)38(48)45-34(39(49)50)19-26-13-15-28(16-14-26)27-9-2-1-3-10-27/h1-3,6,9-18,21,25,34-35H,4-5,7-8,19-20,22-24H2,(H,45,48)(H,49,50)/t34-,35-/m0/s1. The molecule has 1 heterocycles. The number of nitrogens with one attached hydrogen (secondary N) is 1. The lowest BCUT2D eigenvalue weighted by Gasteiger charge is -2.37. The van der Waals surface area contributed by atoms with Crippen LogP contribution in [0.1, 0.15) is 59.9 Å². The Morgan fingerprint density at radius 2 is 1.61 bits per heavy atom. The van der Waals surface area contributed by atoms with Crippen LogP contribution >= 0.6 is 11.6 Å². The monoisotopic (exact) mass is 718 g/mol. The van der Waals surface area contributed by atoms with Crippen LogP contribution in [-0.4, -0.2) is 39.9 Å². The van der Waals surface area contributed by atoms with Crippen molar-refractivity contribution in [1.82, 2.24) is 10.2 Å². The second-order valence-corrected chi connectivity index (χ2v) is 13.6. The van der Waals surface area contributed by atoms with Gasteiger partial charge in [0.1, 0.15) is 24.4 Å². The van der Waals surface area contributed by atoms with Crippen LogP contribution in [0, 0.1) is 5.92 Å². The summed E-state index contributed by atoms with van der Waals surface area (Å²) in [6.45, 7) is -0.109. The van der Waals surface area contributed by atoms with Gasteiger partial charge in [0, 0.05) is 31.4 Å². The summed E-state index contributed by atoms with van der Waals surface area (Å²) in [5.74, 6) is -1.32. The maximum atomic E-state index is 13.9. The highest BCUT2D eigenvalue weighted by molar-refractivity contribution is 6.32. The number of halogens is 4. The smallest absolute Gasteiger partial charge is 0.417 e. The second-order valence-electron chi connectivity index (χ2n) is 13.3. The first-order valence-electron chi connectivity index (χ1n) is 17.0. The van der Waals surface area contributed by atoms with E-state index < -0.39 is 40.7 Å². The van der Waals surface area contributed by atoms with Crippen molar-refractivity contribution >= 4 is 29.4 Å². The summed E-state index contributed by atoms with van der Waals surface area (Å²) in [6, 6.07) is 24.0. The summed E-state index contributed by atoms with van der Waals surface area (Å²) >= 11 is 6.06. The van der Waals surface area contributed by atoms with E-state index >= 15 is 0 Å². The van der Waals surface area contributed by atoms with Gasteiger partial charge in [-0.25, -0.2) is 4.79 Å². The molecule has 2 amide bonds. The molecule has 7 nitrogen and oxygen atoms in total. The number of hydrogen-bond acceptors (Lipinski definition) is 4. The Labute approximate surface area is 299 Å². The summed E-state index contributed by atoms with van der Waals surface area (Å²) in [6.07, 6.45) is -0.113. The zero-order valence-corrected chi connectivity index (χ0v) is 28.6. The first-order chi connectivity index (χ1) is 24.5. The molecule has 0 unspecified atom stereocenters. The molecule has 2 atom stereocenters. The number of carboxylic acids is 1. The molecule has 4 aromatic rings. The molecule has 4 aromatic carbocycles. The Balaban J connectivity index is 1.18. The number of alkyl halides is 3. The Hall–Kier alpha value is -4.83. The predicted octanol–water partition coefficient (Wildman–Crippen LogP) is 8.25. The molecule has 51 heavy (non-hydrogen) atoms. The SMILES string of the molecule is O=C(O)[C@H](Cc1ccc(-c2ccccc2)cc1)NC(=O)[C@@H]1Cc2ccc(OCc3cccc(C(F)(F)F)c3Cl)cc2CN1C(=O)CC1CCCC1. The van der Waals surface area contributed by atoms with E-state index in [2.05, 4.69) is 5.32 Å². The summed E-state index contributed by atoms with van der Waals surface area (Å²) in [5.41, 5.74) is 3.51. The molecule has 266 valence electrons. The third-order valence-corrected chi connectivity index (χ3v) is 10.2. The number of aliphatic carboxylic acids is 1. The lowest BCUT2D eigenvalue weighted by molar-refractivity contribution is -0.145. The van der Waals surface area contributed by atoms with Crippen molar-refractivity contribution in [3.8, 4) is 16.9 Å². The van der Waals surface area contributed by atoms with Gasteiger partial charge in [-0.05, 0) is 64.8 Å². The number of fused-ring (bicyclic) bond motifs is 1. The van der Waals surface area contributed by atoms with Crippen LogP contribution in [0.5, 0.6) is 5.75 Å². The molecule has 1 fully saturated rings. The normalized spacial score (nSPS) is 16.7. The first-order valence-corrected chi connectivity index (χ1v) is 17.4. The van der Waals surface area contributed by atoms with Gasteiger partial charge in [-0.3, -0.25) is 9.59 Å². The van der Waals surface area contributed by atoms with Gasteiger partial charge in [-0.15, -0.1) is 0 Å². The molecule has 0 saturated heterocycles. The molecule has 0 spiro atoms. The van der Waals surface area contributed by atoms with Gasteiger partial charge in [0.25, 0.3) is 0 Å². The third-order valence-electron chi connectivity index (χ3n) is 9.76. The van der Waals surface area contributed by atoms with Crippen LogP contribution in [0.3, 0.4) is 0 Å². The minimum absolute atomic E-state index is 0.0616. The van der Waals surface area contributed by atoms with E-state index in [1.54, 1.807) is 18.2 Å². The largest absolute Gasteiger partial charge is 0.489 e. The van der Waals surface area contributed by atoms with Crippen molar-refractivity contribution in [2.45, 2.75) is 76.4 Å². The van der Waals surface area contributed by atoms with Gasteiger partial charge in [0.2, 0.25) is 11.8 Å². The lowest BCUT2D eigenvalue weighted by atomic mass is 9.91. The van der Waals surface area contributed by atoms with Gasteiger partial charge in [-0.1, -0.05) is 97.2 Å². The van der Waals surface area contributed by atoms with E-state index in [0.717, 1.165) is 59.6 Å². The summed E-state index contributed by atoms with van der Waals surface area (Å²) in [5, 5.41) is 12.4. The van der Waals surface area contributed by atoms with Crippen LogP contribution in [0.4, 0.5) is 13.2 Å². The zero-order valence-electron chi connectivity index (χ0n) is 27.8. The van der Waals surface area contributed by atoms with Crippen molar-refractivity contribution in [2.75, 3.05) is 0 Å². The van der Waals surface area contributed by atoms with Crippen LogP contribution in [0.2, 0.25) is 5.02 Å². The van der Waals surface area contributed by atoms with Gasteiger partial charge in [0.05, 0.1) is 10.6 Å². The van der Waals surface area contributed by atoms with E-state index in [0.29, 0.717) is 12.2 Å².